The number of allylic oxidation sites excluding steroid dienone is 2. The minimum Gasteiger partial charge on any atom is -0.382 e. The van der Waals surface area contributed by atoms with Crippen LogP contribution in [-0.4, -0.2) is 19.0 Å². The van der Waals surface area contributed by atoms with Crippen molar-refractivity contribution in [1.82, 2.24) is 0 Å². The van der Waals surface area contributed by atoms with Gasteiger partial charge in [-0.3, -0.25) is 4.79 Å². The lowest BCUT2D eigenvalue weighted by molar-refractivity contribution is -0.116. The van der Waals surface area contributed by atoms with E-state index in [0.717, 1.165) is 38.0 Å². The third-order valence-electron chi connectivity index (χ3n) is 6.83. The molecular weight excluding hydrogens is 356 g/mol. The van der Waals surface area contributed by atoms with Gasteiger partial charge in [0.1, 0.15) is 0 Å². The third-order valence-corrected chi connectivity index (χ3v) is 6.83. The molecule has 0 atom stereocenters. The molecule has 0 unspecified atom stereocenters. The highest BCUT2D eigenvalue weighted by Gasteiger charge is 2.31. The van der Waals surface area contributed by atoms with Crippen molar-refractivity contribution in [2.45, 2.75) is 137 Å². The summed E-state index contributed by atoms with van der Waals surface area (Å²) in [6.07, 6.45) is 22.1. The minimum atomic E-state index is 0.238. The second-order valence-electron chi connectivity index (χ2n) is 9.81. The molecule has 2 heteroatoms. The van der Waals surface area contributed by atoms with Gasteiger partial charge in [-0.1, -0.05) is 96.5 Å². The summed E-state index contributed by atoms with van der Waals surface area (Å²) in [6.45, 7) is 10.6. The molecule has 0 amide bonds. The minimum absolute atomic E-state index is 0.238. The fourth-order valence-electron chi connectivity index (χ4n) is 4.74. The van der Waals surface area contributed by atoms with Crippen LogP contribution in [-0.2, 0) is 9.53 Å². The molecular formula is C27H50O2. The maximum absolute atomic E-state index is 12.0. The van der Waals surface area contributed by atoms with E-state index in [2.05, 4.69) is 27.7 Å². The number of ketones is 1. The van der Waals surface area contributed by atoms with Crippen molar-refractivity contribution in [2.75, 3.05) is 13.2 Å². The van der Waals surface area contributed by atoms with Gasteiger partial charge in [0.25, 0.3) is 0 Å². The van der Waals surface area contributed by atoms with Crippen molar-refractivity contribution in [3.05, 3.63) is 11.1 Å². The maximum Gasteiger partial charge on any atom is 0.158 e. The number of Topliss-reactive ketones (excluding diaryl/α,β-unsaturated/α-hetero) is 1. The average molecular weight is 407 g/mol. The zero-order chi connectivity index (χ0) is 21.4. The van der Waals surface area contributed by atoms with E-state index in [4.69, 9.17) is 4.74 Å². The number of rotatable bonds is 18. The molecule has 0 fully saturated rings. The molecule has 0 N–H and O–H groups in total. The lowest BCUT2D eigenvalue weighted by Gasteiger charge is -2.34. The molecule has 0 aromatic carbocycles. The third kappa shape index (κ3) is 12.0. The first-order valence-corrected chi connectivity index (χ1v) is 12.8. The van der Waals surface area contributed by atoms with Crippen LogP contribution in [0.5, 0.6) is 0 Å². The summed E-state index contributed by atoms with van der Waals surface area (Å²) in [5, 5.41) is 0. The lowest BCUT2D eigenvalue weighted by Crippen LogP contribution is -2.25. The summed E-state index contributed by atoms with van der Waals surface area (Å²) in [6, 6.07) is 0. The van der Waals surface area contributed by atoms with Crippen molar-refractivity contribution in [2.24, 2.45) is 5.41 Å². The van der Waals surface area contributed by atoms with E-state index in [1.165, 1.54) is 95.5 Å². The molecule has 1 rings (SSSR count). The first-order chi connectivity index (χ1) is 14.0. The maximum atomic E-state index is 12.0. The standard InChI is InChI=1S/C27H50O2/c1-5-29-23-19-17-15-13-11-9-7-6-8-10-12-14-16-18-20-25-24(2)26(28)21-22-27(25,3)4/h5-23H2,1-4H3. The van der Waals surface area contributed by atoms with Gasteiger partial charge in [-0.2, -0.15) is 0 Å². The van der Waals surface area contributed by atoms with E-state index < -0.39 is 0 Å². The highest BCUT2D eigenvalue weighted by Crippen LogP contribution is 2.41. The van der Waals surface area contributed by atoms with Crippen LogP contribution in [0, 0.1) is 5.41 Å². The fraction of sp³-hybridized carbons (Fsp3) is 0.889. The summed E-state index contributed by atoms with van der Waals surface area (Å²) in [4.78, 5) is 12.0. The summed E-state index contributed by atoms with van der Waals surface area (Å²) in [5.41, 5.74) is 2.76. The Hall–Kier alpha value is -0.630. The lowest BCUT2D eigenvalue weighted by atomic mass is 9.70. The van der Waals surface area contributed by atoms with Crippen LogP contribution in [0.15, 0.2) is 11.1 Å². The van der Waals surface area contributed by atoms with Crippen LogP contribution in [0.1, 0.15) is 137 Å². The zero-order valence-electron chi connectivity index (χ0n) is 20.3. The topological polar surface area (TPSA) is 26.3 Å². The first-order valence-electron chi connectivity index (χ1n) is 12.8. The van der Waals surface area contributed by atoms with E-state index in [-0.39, 0.29) is 5.41 Å². The van der Waals surface area contributed by atoms with E-state index in [1.54, 1.807) is 0 Å². The second kappa shape index (κ2) is 16.1. The summed E-state index contributed by atoms with van der Waals surface area (Å²) in [5.74, 6) is 0.390. The number of hydrogen-bond acceptors (Lipinski definition) is 2. The molecule has 29 heavy (non-hydrogen) atoms. The molecule has 1 aliphatic rings. The van der Waals surface area contributed by atoms with Crippen molar-refractivity contribution < 1.29 is 9.53 Å². The SMILES string of the molecule is CCOCCCCCCCCCCCCCCCCC1=C(C)C(=O)CCC1(C)C. The zero-order valence-corrected chi connectivity index (χ0v) is 20.3. The van der Waals surface area contributed by atoms with Gasteiger partial charge >= 0.3 is 0 Å². The van der Waals surface area contributed by atoms with Crippen molar-refractivity contribution in [1.29, 1.82) is 0 Å². The Kier molecular flexibility index (Phi) is 14.7. The highest BCUT2D eigenvalue weighted by molar-refractivity contribution is 5.96. The Balaban J connectivity index is 1.88. The van der Waals surface area contributed by atoms with Crippen LogP contribution >= 0.6 is 0 Å². The van der Waals surface area contributed by atoms with Gasteiger partial charge in [0, 0.05) is 19.6 Å². The smallest absolute Gasteiger partial charge is 0.158 e. The molecule has 0 bridgehead atoms. The molecule has 0 aromatic rings. The number of unbranched alkanes of at least 4 members (excludes halogenated alkanes) is 13. The molecule has 1 aliphatic carbocycles. The molecule has 0 aromatic heterocycles. The van der Waals surface area contributed by atoms with Gasteiger partial charge < -0.3 is 4.74 Å². The van der Waals surface area contributed by atoms with Gasteiger partial charge in [-0.05, 0) is 50.5 Å². The highest BCUT2D eigenvalue weighted by atomic mass is 16.5. The molecule has 0 saturated heterocycles. The molecule has 2 nitrogen and oxygen atoms in total. The van der Waals surface area contributed by atoms with Gasteiger partial charge in [0.2, 0.25) is 0 Å². The number of hydrogen-bond donors (Lipinski definition) is 0. The van der Waals surface area contributed by atoms with Gasteiger partial charge in [0.15, 0.2) is 5.78 Å². The number of carbonyl (C=O) groups is 1. The molecule has 0 aliphatic heterocycles. The normalized spacial score (nSPS) is 16.6. The Labute approximate surface area is 182 Å². The fourth-order valence-corrected chi connectivity index (χ4v) is 4.74. The largest absolute Gasteiger partial charge is 0.382 e. The van der Waals surface area contributed by atoms with Crippen molar-refractivity contribution in [3.8, 4) is 0 Å². The Morgan fingerprint density at radius 1 is 0.759 bits per heavy atom. The number of carbonyl (C=O) groups excluding carboxylic acids is 1. The van der Waals surface area contributed by atoms with Crippen molar-refractivity contribution in [3.63, 3.8) is 0 Å². The van der Waals surface area contributed by atoms with Crippen LogP contribution in [0.2, 0.25) is 0 Å². The second-order valence-corrected chi connectivity index (χ2v) is 9.81. The molecule has 0 saturated carbocycles. The van der Waals surface area contributed by atoms with Gasteiger partial charge in [-0.15, -0.1) is 0 Å². The summed E-state index contributed by atoms with van der Waals surface area (Å²) in [7, 11) is 0. The first kappa shape index (κ1) is 26.4. The van der Waals surface area contributed by atoms with Crippen LogP contribution in [0.4, 0.5) is 0 Å². The van der Waals surface area contributed by atoms with Gasteiger partial charge in [-0.25, -0.2) is 0 Å². The molecule has 170 valence electrons. The van der Waals surface area contributed by atoms with E-state index >= 15 is 0 Å². The van der Waals surface area contributed by atoms with Crippen LogP contribution in [0.3, 0.4) is 0 Å². The van der Waals surface area contributed by atoms with Crippen LogP contribution in [0.25, 0.3) is 0 Å². The average Bonchev–Trinajstić information content (AvgIpc) is 2.69. The van der Waals surface area contributed by atoms with E-state index in [0.29, 0.717) is 5.78 Å². The molecule has 0 radical (unpaired) electrons. The predicted octanol–water partition coefficient (Wildman–Crippen LogP) is 8.58. The molecule has 0 heterocycles. The monoisotopic (exact) mass is 406 g/mol. The molecule has 0 spiro atoms. The quantitative estimate of drug-likeness (QED) is 0.213. The Morgan fingerprint density at radius 2 is 1.21 bits per heavy atom. The van der Waals surface area contributed by atoms with Gasteiger partial charge in [0.05, 0.1) is 0 Å². The summed E-state index contributed by atoms with van der Waals surface area (Å²) < 4.78 is 5.38. The van der Waals surface area contributed by atoms with E-state index in [1.807, 2.05) is 0 Å². The van der Waals surface area contributed by atoms with Crippen molar-refractivity contribution >= 4 is 5.78 Å². The Morgan fingerprint density at radius 3 is 1.69 bits per heavy atom. The van der Waals surface area contributed by atoms with E-state index in [9.17, 15) is 4.79 Å². The Bertz CT molecular complexity index is 461. The van der Waals surface area contributed by atoms with Crippen LogP contribution < -0.4 is 0 Å². The summed E-state index contributed by atoms with van der Waals surface area (Å²) >= 11 is 0. The predicted molar refractivity (Wildman–Crippen MR) is 126 cm³/mol. The number of ether oxygens (including phenoxy) is 1.